The zero-order valence-electron chi connectivity index (χ0n) is 11.5. The summed E-state index contributed by atoms with van der Waals surface area (Å²) in [5, 5.41) is 0. The van der Waals surface area contributed by atoms with Gasteiger partial charge in [-0.25, -0.2) is 0 Å². The first-order chi connectivity index (χ1) is 7.26. The number of hydrogen-bond acceptors (Lipinski definition) is 0. The van der Waals surface area contributed by atoms with E-state index in [2.05, 4.69) is 27.7 Å². The van der Waals surface area contributed by atoms with E-state index in [0.29, 0.717) is 0 Å². The van der Waals surface area contributed by atoms with Crippen LogP contribution >= 0.6 is 0 Å². The van der Waals surface area contributed by atoms with Gasteiger partial charge in [0.25, 0.3) is 0 Å². The summed E-state index contributed by atoms with van der Waals surface area (Å²) in [5.41, 5.74) is 0. The van der Waals surface area contributed by atoms with Crippen LogP contribution < -0.4 is 0 Å². The van der Waals surface area contributed by atoms with Gasteiger partial charge in [0, 0.05) is 0 Å². The molecule has 0 radical (unpaired) electrons. The molecule has 0 aliphatic carbocycles. The van der Waals surface area contributed by atoms with Crippen LogP contribution in [0.4, 0.5) is 0 Å². The Labute approximate surface area is 97.8 Å². The normalized spacial score (nSPS) is 15.2. The van der Waals surface area contributed by atoms with E-state index in [0.717, 1.165) is 11.8 Å². The number of unbranched alkanes of at least 4 members (excludes halogenated alkanes) is 4. The minimum atomic E-state index is 0.955. The van der Waals surface area contributed by atoms with Crippen LogP contribution in [0.3, 0.4) is 0 Å². The van der Waals surface area contributed by atoms with Crippen molar-refractivity contribution in [3.05, 3.63) is 0 Å². The summed E-state index contributed by atoms with van der Waals surface area (Å²) in [5.74, 6) is 1.94. The van der Waals surface area contributed by atoms with Crippen molar-refractivity contribution in [3.63, 3.8) is 0 Å². The van der Waals surface area contributed by atoms with Crippen molar-refractivity contribution >= 4 is 0 Å². The lowest BCUT2D eigenvalue weighted by molar-refractivity contribution is 0.298. The van der Waals surface area contributed by atoms with Crippen LogP contribution in [0.25, 0.3) is 0 Å². The van der Waals surface area contributed by atoms with Gasteiger partial charge in [-0.15, -0.1) is 0 Å². The van der Waals surface area contributed by atoms with Crippen molar-refractivity contribution < 1.29 is 0 Å². The van der Waals surface area contributed by atoms with Crippen LogP contribution in [0.15, 0.2) is 0 Å². The van der Waals surface area contributed by atoms with E-state index in [4.69, 9.17) is 0 Å². The van der Waals surface area contributed by atoms with Crippen LogP contribution in [0, 0.1) is 11.8 Å². The highest BCUT2D eigenvalue weighted by Crippen LogP contribution is 2.25. The van der Waals surface area contributed by atoms with Crippen LogP contribution in [0.2, 0.25) is 0 Å². The molecule has 0 nitrogen and oxygen atoms in total. The van der Waals surface area contributed by atoms with Crippen molar-refractivity contribution in [1.29, 1.82) is 0 Å². The van der Waals surface area contributed by atoms with Gasteiger partial charge >= 0.3 is 0 Å². The molecule has 0 amide bonds. The molecule has 0 aromatic heterocycles. The Bertz CT molecular complexity index is 117. The molecule has 15 heavy (non-hydrogen) atoms. The Hall–Kier alpha value is 0. The van der Waals surface area contributed by atoms with Gasteiger partial charge in [0.05, 0.1) is 0 Å². The topological polar surface area (TPSA) is 0 Å². The molecule has 0 aromatic carbocycles. The maximum Gasteiger partial charge on any atom is -0.0391 e. The lowest BCUT2D eigenvalue weighted by atomic mass is 9.84. The predicted octanol–water partition coefficient (Wildman–Crippen LogP) is 5.81. The average Bonchev–Trinajstić information content (AvgIpc) is 2.25. The highest BCUT2D eigenvalue weighted by Gasteiger charge is 2.13. The number of hydrogen-bond donors (Lipinski definition) is 0. The molecule has 0 heteroatoms. The maximum atomic E-state index is 2.46. The molecule has 0 saturated carbocycles. The summed E-state index contributed by atoms with van der Waals surface area (Å²) in [7, 11) is 0. The molecule has 92 valence electrons. The van der Waals surface area contributed by atoms with E-state index < -0.39 is 0 Å². The van der Waals surface area contributed by atoms with Crippen molar-refractivity contribution in [3.8, 4) is 0 Å². The lowest BCUT2D eigenvalue weighted by Crippen LogP contribution is -2.10. The zero-order valence-corrected chi connectivity index (χ0v) is 11.5. The largest absolute Gasteiger partial charge is 0.0654 e. The second-order valence-electron chi connectivity index (χ2n) is 5.14. The zero-order chi connectivity index (χ0) is 11.5. The molecule has 2 unspecified atom stereocenters. The summed E-state index contributed by atoms with van der Waals surface area (Å²) in [6, 6.07) is 0. The van der Waals surface area contributed by atoms with Crippen molar-refractivity contribution in [1.82, 2.24) is 0 Å². The third-order valence-corrected chi connectivity index (χ3v) is 3.75. The summed E-state index contributed by atoms with van der Waals surface area (Å²) in [6.45, 7) is 9.42. The van der Waals surface area contributed by atoms with Gasteiger partial charge < -0.3 is 0 Å². The monoisotopic (exact) mass is 212 g/mol. The van der Waals surface area contributed by atoms with Crippen LogP contribution in [0.1, 0.15) is 85.5 Å². The molecule has 0 aliphatic rings. The molecule has 0 N–H and O–H groups in total. The van der Waals surface area contributed by atoms with E-state index in [1.807, 2.05) is 0 Å². The van der Waals surface area contributed by atoms with Crippen LogP contribution in [-0.4, -0.2) is 0 Å². The van der Waals surface area contributed by atoms with E-state index >= 15 is 0 Å². The molecule has 0 saturated heterocycles. The van der Waals surface area contributed by atoms with Gasteiger partial charge in [0.15, 0.2) is 0 Å². The molecule has 0 bridgehead atoms. The van der Waals surface area contributed by atoms with Crippen molar-refractivity contribution in [2.24, 2.45) is 11.8 Å². The van der Waals surface area contributed by atoms with Gasteiger partial charge in [0.2, 0.25) is 0 Å². The van der Waals surface area contributed by atoms with E-state index in [1.54, 1.807) is 0 Å². The Morgan fingerprint density at radius 1 is 0.733 bits per heavy atom. The molecule has 0 spiro atoms. The lowest BCUT2D eigenvalue weighted by Gasteiger charge is -2.22. The van der Waals surface area contributed by atoms with Gasteiger partial charge in [-0.2, -0.15) is 0 Å². The minimum Gasteiger partial charge on any atom is -0.0654 e. The highest BCUT2D eigenvalue weighted by molar-refractivity contribution is 4.65. The SMILES string of the molecule is CCCCCCCC(C)C(CC)CCC. The van der Waals surface area contributed by atoms with Crippen LogP contribution in [-0.2, 0) is 0 Å². The van der Waals surface area contributed by atoms with E-state index in [-0.39, 0.29) is 0 Å². The van der Waals surface area contributed by atoms with E-state index in [9.17, 15) is 0 Å². The Kier molecular flexibility index (Phi) is 10.5. The molecule has 2 atom stereocenters. The Balaban J connectivity index is 3.48. The third kappa shape index (κ3) is 7.88. The first-order valence-corrected chi connectivity index (χ1v) is 7.26. The van der Waals surface area contributed by atoms with Gasteiger partial charge in [-0.05, 0) is 11.8 Å². The highest BCUT2D eigenvalue weighted by atomic mass is 14.2. The fraction of sp³-hybridized carbons (Fsp3) is 1.00. The first-order valence-electron chi connectivity index (χ1n) is 7.26. The molecule has 0 aromatic rings. The molecular formula is C15H32. The van der Waals surface area contributed by atoms with Gasteiger partial charge in [0.1, 0.15) is 0 Å². The minimum absolute atomic E-state index is 0.955. The van der Waals surface area contributed by atoms with Gasteiger partial charge in [-0.3, -0.25) is 0 Å². The standard InChI is InChI=1S/C15H32/c1-5-8-9-10-11-13-14(4)15(7-3)12-6-2/h14-15H,5-13H2,1-4H3. The van der Waals surface area contributed by atoms with Crippen molar-refractivity contribution in [2.75, 3.05) is 0 Å². The van der Waals surface area contributed by atoms with Crippen LogP contribution in [0.5, 0.6) is 0 Å². The van der Waals surface area contributed by atoms with Gasteiger partial charge in [-0.1, -0.05) is 85.5 Å². The smallest absolute Gasteiger partial charge is 0.0391 e. The van der Waals surface area contributed by atoms with E-state index in [1.165, 1.54) is 57.8 Å². The first kappa shape index (κ1) is 15.0. The fourth-order valence-corrected chi connectivity index (χ4v) is 2.57. The second-order valence-corrected chi connectivity index (χ2v) is 5.14. The summed E-state index contributed by atoms with van der Waals surface area (Å²) in [6.07, 6.45) is 12.8. The molecular weight excluding hydrogens is 180 g/mol. The molecule has 0 rings (SSSR count). The Morgan fingerprint density at radius 2 is 1.40 bits per heavy atom. The fourth-order valence-electron chi connectivity index (χ4n) is 2.57. The maximum absolute atomic E-state index is 2.46. The third-order valence-electron chi connectivity index (χ3n) is 3.75. The average molecular weight is 212 g/mol. The Morgan fingerprint density at radius 3 is 1.93 bits per heavy atom. The molecule has 0 aliphatic heterocycles. The predicted molar refractivity (Wildman–Crippen MR) is 71.2 cm³/mol. The van der Waals surface area contributed by atoms with Crippen molar-refractivity contribution in [2.45, 2.75) is 85.5 Å². The quantitative estimate of drug-likeness (QED) is 0.401. The summed E-state index contributed by atoms with van der Waals surface area (Å²) in [4.78, 5) is 0. The second kappa shape index (κ2) is 10.5. The summed E-state index contributed by atoms with van der Waals surface area (Å²) >= 11 is 0. The molecule has 0 fully saturated rings. The summed E-state index contributed by atoms with van der Waals surface area (Å²) < 4.78 is 0. The molecule has 0 heterocycles. The number of rotatable bonds is 10.